The molecule has 0 fully saturated rings. The van der Waals surface area contributed by atoms with Crippen molar-refractivity contribution in [2.24, 2.45) is 0 Å². The minimum Gasteiger partial charge on any atom is -0.493 e. The standard InChI is InChI=1S/C16H19NO3/c18-12-13-8-4-2-1-3-7-11-20-15-10-6-5-9-14(15)16(19)17-13/h2,4-6,9-10,12-13H,1,3,7-8,11H2,(H,17,19)/b4-2-/t13-/m0/s1. The monoisotopic (exact) mass is 273 g/mol. The maximum absolute atomic E-state index is 12.2. The highest BCUT2D eigenvalue weighted by Crippen LogP contribution is 2.19. The summed E-state index contributed by atoms with van der Waals surface area (Å²) in [5.74, 6) is 0.298. The molecule has 0 aromatic heterocycles. The number of hydrogen-bond acceptors (Lipinski definition) is 3. The summed E-state index contributed by atoms with van der Waals surface area (Å²) in [6, 6.07) is 6.62. The van der Waals surface area contributed by atoms with Gasteiger partial charge in [-0.1, -0.05) is 24.3 Å². The van der Waals surface area contributed by atoms with Gasteiger partial charge in [0.25, 0.3) is 5.91 Å². The lowest BCUT2D eigenvalue weighted by molar-refractivity contribution is -0.109. The van der Waals surface area contributed by atoms with Gasteiger partial charge in [0.2, 0.25) is 0 Å². The molecule has 1 aliphatic heterocycles. The molecule has 2 rings (SSSR count). The average Bonchev–Trinajstić information content (AvgIpc) is 2.49. The molecule has 1 atom stereocenters. The van der Waals surface area contributed by atoms with Crippen molar-refractivity contribution >= 4 is 12.2 Å². The second-order valence-corrected chi connectivity index (χ2v) is 4.76. The van der Waals surface area contributed by atoms with Gasteiger partial charge in [-0.05, 0) is 37.8 Å². The van der Waals surface area contributed by atoms with Crippen LogP contribution in [-0.4, -0.2) is 24.8 Å². The fourth-order valence-corrected chi connectivity index (χ4v) is 2.08. The topological polar surface area (TPSA) is 55.4 Å². The van der Waals surface area contributed by atoms with E-state index in [0.29, 0.717) is 24.3 Å². The van der Waals surface area contributed by atoms with Gasteiger partial charge < -0.3 is 14.8 Å². The van der Waals surface area contributed by atoms with Crippen LogP contribution in [0, 0.1) is 0 Å². The Morgan fingerprint density at radius 1 is 1.20 bits per heavy atom. The number of carbonyl (C=O) groups excluding carboxylic acids is 2. The summed E-state index contributed by atoms with van der Waals surface area (Å²) in [7, 11) is 0. The summed E-state index contributed by atoms with van der Waals surface area (Å²) in [6.07, 6.45) is 8.23. The summed E-state index contributed by atoms with van der Waals surface area (Å²) in [5, 5.41) is 2.72. The van der Waals surface area contributed by atoms with Crippen LogP contribution < -0.4 is 10.1 Å². The SMILES string of the molecule is O=C[C@@H]1C/C=C\CCCCOc2ccccc2C(=O)N1. The van der Waals surface area contributed by atoms with E-state index in [9.17, 15) is 9.59 Å². The molecule has 0 radical (unpaired) electrons. The lowest BCUT2D eigenvalue weighted by atomic mass is 10.1. The zero-order valence-corrected chi connectivity index (χ0v) is 11.4. The van der Waals surface area contributed by atoms with Gasteiger partial charge in [0.15, 0.2) is 0 Å². The summed E-state index contributed by atoms with van der Waals surface area (Å²) in [4.78, 5) is 23.2. The van der Waals surface area contributed by atoms with Crippen LogP contribution in [0.2, 0.25) is 0 Å². The molecule has 0 bridgehead atoms. The second kappa shape index (κ2) is 7.48. The van der Waals surface area contributed by atoms with Crippen molar-refractivity contribution in [3.8, 4) is 5.75 Å². The Balaban J connectivity index is 2.20. The highest BCUT2D eigenvalue weighted by molar-refractivity contribution is 5.98. The average molecular weight is 273 g/mol. The molecule has 106 valence electrons. The van der Waals surface area contributed by atoms with Crippen LogP contribution in [-0.2, 0) is 4.79 Å². The molecule has 1 N–H and O–H groups in total. The fourth-order valence-electron chi connectivity index (χ4n) is 2.08. The Morgan fingerprint density at radius 2 is 2.05 bits per heavy atom. The molecule has 0 spiro atoms. The lowest BCUT2D eigenvalue weighted by Gasteiger charge is -2.13. The Morgan fingerprint density at radius 3 is 2.90 bits per heavy atom. The third kappa shape index (κ3) is 3.95. The molecule has 1 heterocycles. The number of carbonyl (C=O) groups is 2. The van der Waals surface area contributed by atoms with Gasteiger partial charge >= 0.3 is 0 Å². The van der Waals surface area contributed by atoms with E-state index >= 15 is 0 Å². The number of benzene rings is 1. The van der Waals surface area contributed by atoms with Gasteiger partial charge in [-0.25, -0.2) is 0 Å². The molecule has 4 nitrogen and oxygen atoms in total. The van der Waals surface area contributed by atoms with Gasteiger partial charge in [-0.2, -0.15) is 0 Å². The normalized spacial score (nSPS) is 22.0. The largest absolute Gasteiger partial charge is 0.493 e. The number of hydrogen-bond donors (Lipinski definition) is 1. The van der Waals surface area contributed by atoms with Gasteiger partial charge in [0.1, 0.15) is 12.0 Å². The maximum Gasteiger partial charge on any atom is 0.255 e. The third-order valence-corrected chi connectivity index (χ3v) is 3.19. The zero-order chi connectivity index (χ0) is 14.2. The molecule has 0 saturated carbocycles. The van der Waals surface area contributed by atoms with E-state index in [2.05, 4.69) is 5.32 Å². The Hall–Kier alpha value is -2.10. The number of rotatable bonds is 1. The Kier molecular flexibility index (Phi) is 5.35. The summed E-state index contributed by atoms with van der Waals surface area (Å²) < 4.78 is 5.67. The van der Waals surface area contributed by atoms with Gasteiger partial charge in [0, 0.05) is 0 Å². The molecule has 1 aromatic carbocycles. The van der Waals surface area contributed by atoms with E-state index in [0.717, 1.165) is 25.5 Å². The van der Waals surface area contributed by atoms with Crippen molar-refractivity contribution in [1.29, 1.82) is 0 Å². The van der Waals surface area contributed by atoms with E-state index in [1.54, 1.807) is 18.2 Å². The minimum atomic E-state index is -0.493. The first kappa shape index (κ1) is 14.3. The first-order valence-electron chi connectivity index (χ1n) is 6.94. The third-order valence-electron chi connectivity index (χ3n) is 3.19. The summed E-state index contributed by atoms with van der Waals surface area (Å²) in [5.41, 5.74) is 0.475. The molecule has 0 saturated heterocycles. The van der Waals surface area contributed by atoms with Crippen molar-refractivity contribution in [3.05, 3.63) is 42.0 Å². The lowest BCUT2D eigenvalue weighted by Crippen LogP contribution is -2.35. The van der Waals surface area contributed by atoms with E-state index in [1.165, 1.54) is 0 Å². The smallest absolute Gasteiger partial charge is 0.255 e. The minimum absolute atomic E-state index is 0.273. The number of para-hydroxylation sites is 1. The van der Waals surface area contributed by atoms with Crippen LogP contribution >= 0.6 is 0 Å². The van der Waals surface area contributed by atoms with E-state index < -0.39 is 6.04 Å². The molecule has 1 aromatic rings. The van der Waals surface area contributed by atoms with Crippen LogP contribution in [0.15, 0.2) is 36.4 Å². The Bertz CT molecular complexity index is 496. The summed E-state index contributed by atoms with van der Waals surface area (Å²) >= 11 is 0. The molecule has 0 aliphatic carbocycles. The van der Waals surface area contributed by atoms with Crippen molar-refractivity contribution < 1.29 is 14.3 Å². The fraction of sp³-hybridized carbons (Fsp3) is 0.375. The molecule has 0 unspecified atom stereocenters. The van der Waals surface area contributed by atoms with E-state index in [-0.39, 0.29) is 5.91 Å². The van der Waals surface area contributed by atoms with Crippen LogP contribution in [0.4, 0.5) is 0 Å². The van der Waals surface area contributed by atoms with Crippen molar-refractivity contribution in [2.75, 3.05) is 6.61 Å². The van der Waals surface area contributed by atoms with Crippen molar-refractivity contribution in [2.45, 2.75) is 31.7 Å². The van der Waals surface area contributed by atoms with E-state index in [1.807, 2.05) is 18.2 Å². The highest BCUT2D eigenvalue weighted by Gasteiger charge is 2.16. The second-order valence-electron chi connectivity index (χ2n) is 4.76. The van der Waals surface area contributed by atoms with Gasteiger partial charge in [-0.15, -0.1) is 0 Å². The zero-order valence-electron chi connectivity index (χ0n) is 11.4. The number of fused-ring (bicyclic) bond motifs is 1. The summed E-state index contributed by atoms with van der Waals surface area (Å²) in [6.45, 7) is 0.593. The molecule has 1 amide bonds. The molecule has 20 heavy (non-hydrogen) atoms. The first-order chi connectivity index (χ1) is 9.81. The number of ether oxygens (including phenoxy) is 1. The van der Waals surface area contributed by atoms with Crippen LogP contribution in [0.25, 0.3) is 0 Å². The number of nitrogens with one attached hydrogen (secondary N) is 1. The van der Waals surface area contributed by atoms with Crippen molar-refractivity contribution in [3.63, 3.8) is 0 Å². The quantitative estimate of drug-likeness (QED) is 0.632. The number of amides is 1. The van der Waals surface area contributed by atoms with Crippen LogP contribution in [0.1, 0.15) is 36.0 Å². The molecular weight excluding hydrogens is 254 g/mol. The molecule has 4 heteroatoms. The first-order valence-corrected chi connectivity index (χ1v) is 6.94. The molecule has 1 aliphatic rings. The van der Waals surface area contributed by atoms with Crippen LogP contribution in [0.5, 0.6) is 5.75 Å². The van der Waals surface area contributed by atoms with E-state index in [4.69, 9.17) is 4.74 Å². The predicted octanol–water partition coefficient (Wildman–Crippen LogP) is 2.49. The van der Waals surface area contributed by atoms with Gasteiger partial charge in [0.05, 0.1) is 18.2 Å². The Labute approximate surface area is 118 Å². The number of allylic oxidation sites excluding steroid dienone is 1. The molecular formula is C16H19NO3. The number of aldehydes is 1. The van der Waals surface area contributed by atoms with Crippen LogP contribution in [0.3, 0.4) is 0 Å². The van der Waals surface area contributed by atoms with Crippen molar-refractivity contribution in [1.82, 2.24) is 5.32 Å². The van der Waals surface area contributed by atoms with Gasteiger partial charge in [-0.3, -0.25) is 4.79 Å². The predicted molar refractivity (Wildman–Crippen MR) is 76.9 cm³/mol. The maximum atomic E-state index is 12.2. The highest BCUT2D eigenvalue weighted by atomic mass is 16.5.